The lowest BCUT2D eigenvalue weighted by Gasteiger charge is -2.29. The molecule has 1 amide bonds. The summed E-state index contributed by atoms with van der Waals surface area (Å²) in [5.74, 6) is 2.92. The largest absolute Gasteiger partial charge is 0.494 e. The number of hydrogen-bond acceptors (Lipinski definition) is 6. The van der Waals surface area contributed by atoms with Crippen LogP contribution in [0.3, 0.4) is 0 Å². The Balaban J connectivity index is 1.27. The molecule has 1 aromatic heterocycles. The van der Waals surface area contributed by atoms with Gasteiger partial charge in [-0.2, -0.15) is 0 Å². The van der Waals surface area contributed by atoms with Crippen molar-refractivity contribution < 1.29 is 19.1 Å². The molecule has 1 aliphatic rings. The lowest BCUT2D eigenvalue weighted by Crippen LogP contribution is -2.35. The number of hydrogen-bond donors (Lipinski definition) is 2. The van der Waals surface area contributed by atoms with E-state index in [1.54, 1.807) is 18.0 Å². The smallest absolute Gasteiger partial charge is 0.230 e. The van der Waals surface area contributed by atoms with Crippen molar-refractivity contribution >= 4 is 17.7 Å². The Morgan fingerprint density at radius 2 is 2.14 bits per heavy atom. The highest BCUT2D eigenvalue weighted by atomic mass is 32.2. The summed E-state index contributed by atoms with van der Waals surface area (Å²) >= 11 is 1.54. The quantitative estimate of drug-likeness (QED) is 0.547. The van der Waals surface area contributed by atoms with Gasteiger partial charge in [-0.3, -0.25) is 9.69 Å². The molecule has 0 spiro atoms. The zero-order valence-corrected chi connectivity index (χ0v) is 17.5. The number of carbonyl (C=O) groups excluding carboxylic acids is 1. The van der Waals surface area contributed by atoms with Crippen LogP contribution in [0.1, 0.15) is 30.6 Å². The summed E-state index contributed by atoms with van der Waals surface area (Å²) in [6.07, 6.45) is 3.97. The van der Waals surface area contributed by atoms with Crippen molar-refractivity contribution in [2.45, 2.75) is 37.7 Å². The number of rotatable bonds is 11. The zero-order chi connectivity index (χ0) is 20.3. The van der Waals surface area contributed by atoms with Crippen LogP contribution >= 0.6 is 11.8 Å². The number of aliphatic hydroxyl groups excluding tert-OH is 1. The maximum absolute atomic E-state index is 11.8. The predicted octanol–water partition coefficient (Wildman–Crippen LogP) is 3.05. The maximum Gasteiger partial charge on any atom is 0.230 e. The first-order chi connectivity index (χ1) is 14.2. The summed E-state index contributed by atoms with van der Waals surface area (Å²) in [5, 5.41) is 12.5. The summed E-state index contributed by atoms with van der Waals surface area (Å²) < 4.78 is 11.1. The first kappa shape index (κ1) is 21.7. The molecule has 0 unspecified atom stereocenters. The molecule has 1 fully saturated rings. The van der Waals surface area contributed by atoms with Crippen LogP contribution in [0.5, 0.6) is 5.75 Å². The lowest BCUT2D eigenvalue weighted by atomic mass is 10.1. The summed E-state index contributed by atoms with van der Waals surface area (Å²) in [6, 6.07) is 11.9. The van der Waals surface area contributed by atoms with Gasteiger partial charge in [-0.15, -0.1) is 11.8 Å². The lowest BCUT2D eigenvalue weighted by molar-refractivity contribution is -0.118. The molecular weight excluding hydrogens is 388 g/mol. The third-order valence-corrected chi connectivity index (χ3v) is 5.79. The van der Waals surface area contributed by atoms with Crippen LogP contribution in [0.4, 0.5) is 0 Å². The molecule has 6 nitrogen and oxygen atoms in total. The highest BCUT2D eigenvalue weighted by Gasteiger charge is 2.16. The van der Waals surface area contributed by atoms with E-state index in [9.17, 15) is 9.90 Å². The number of furan rings is 1. The second-order valence-corrected chi connectivity index (χ2v) is 8.26. The molecule has 158 valence electrons. The number of nitrogens with zero attached hydrogens (tertiary/aromatic N) is 1. The monoisotopic (exact) mass is 418 g/mol. The van der Waals surface area contributed by atoms with Crippen molar-refractivity contribution in [2.75, 3.05) is 32.0 Å². The Morgan fingerprint density at radius 3 is 2.93 bits per heavy atom. The van der Waals surface area contributed by atoms with Crippen molar-refractivity contribution in [1.29, 1.82) is 0 Å². The maximum atomic E-state index is 11.8. The Labute approximate surface area is 176 Å². The molecule has 7 heteroatoms. The van der Waals surface area contributed by atoms with E-state index in [2.05, 4.69) is 22.3 Å². The van der Waals surface area contributed by atoms with E-state index in [0.717, 1.165) is 50.4 Å². The van der Waals surface area contributed by atoms with Crippen molar-refractivity contribution in [3.05, 3.63) is 54.0 Å². The number of amides is 1. The Kier molecular flexibility index (Phi) is 8.92. The number of aliphatic hydroxyl groups is 1. The molecular formula is C22H30N2O4S. The molecule has 2 aromatic rings. The van der Waals surface area contributed by atoms with Gasteiger partial charge in [0.15, 0.2) is 0 Å². The molecule has 2 heterocycles. The van der Waals surface area contributed by atoms with Crippen LogP contribution in [0.25, 0.3) is 0 Å². The second kappa shape index (κ2) is 11.9. The standard InChI is InChI=1S/C22H30N2O4S/c25-19-7-10-24(11-8-19)15-18-4-1-5-20(14-18)27-13-3-9-23-22(26)17-29-16-21-6-2-12-28-21/h1-2,4-6,12,14,19,25H,3,7-11,13,15-17H2,(H,23,26). The predicted molar refractivity (Wildman–Crippen MR) is 115 cm³/mol. The van der Waals surface area contributed by atoms with Gasteiger partial charge in [0.05, 0.1) is 30.5 Å². The van der Waals surface area contributed by atoms with Gasteiger partial charge in [0.25, 0.3) is 0 Å². The molecule has 0 bridgehead atoms. The third-order valence-electron chi connectivity index (χ3n) is 4.83. The molecule has 0 saturated carbocycles. The fourth-order valence-electron chi connectivity index (χ4n) is 3.25. The Morgan fingerprint density at radius 1 is 1.28 bits per heavy atom. The summed E-state index contributed by atoms with van der Waals surface area (Å²) in [6.45, 7) is 3.93. The number of thioether (sulfide) groups is 1. The van der Waals surface area contributed by atoms with E-state index in [1.807, 2.05) is 24.3 Å². The van der Waals surface area contributed by atoms with E-state index in [4.69, 9.17) is 9.15 Å². The van der Waals surface area contributed by atoms with E-state index in [1.165, 1.54) is 5.56 Å². The average Bonchev–Trinajstić information content (AvgIpc) is 3.23. The molecule has 0 radical (unpaired) electrons. The van der Waals surface area contributed by atoms with E-state index in [-0.39, 0.29) is 12.0 Å². The molecule has 29 heavy (non-hydrogen) atoms. The minimum atomic E-state index is -0.143. The number of ether oxygens (including phenoxy) is 1. The van der Waals surface area contributed by atoms with Crippen LogP contribution in [-0.4, -0.2) is 54.0 Å². The van der Waals surface area contributed by atoms with Gasteiger partial charge in [-0.25, -0.2) is 0 Å². The minimum absolute atomic E-state index is 0.0372. The Hall–Kier alpha value is -1.96. The van der Waals surface area contributed by atoms with Crippen molar-refractivity contribution in [3.8, 4) is 5.75 Å². The van der Waals surface area contributed by atoms with E-state index < -0.39 is 0 Å². The molecule has 0 atom stereocenters. The van der Waals surface area contributed by atoms with Gasteiger partial charge in [0, 0.05) is 26.2 Å². The first-order valence-corrected chi connectivity index (χ1v) is 11.3. The fourth-order valence-corrected chi connectivity index (χ4v) is 4.00. The number of carbonyl (C=O) groups is 1. The molecule has 2 N–H and O–H groups in total. The van der Waals surface area contributed by atoms with Gasteiger partial charge < -0.3 is 19.6 Å². The topological polar surface area (TPSA) is 74.9 Å². The highest BCUT2D eigenvalue weighted by molar-refractivity contribution is 7.99. The molecule has 1 aliphatic heterocycles. The Bertz CT molecular complexity index is 730. The second-order valence-electron chi connectivity index (χ2n) is 7.28. The minimum Gasteiger partial charge on any atom is -0.494 e. The summed E-state index contributed by atoms with van der Waals surface area (Å²) in [4.78, 5) is 14.2. The molecule has 3 rings (SSSR count). The SMILES string of the molecule is O=C(CSCc1ccco1)NCCCOc1cccc(CN2CCC(O)CC2)c1. The van der Waals surface area contributed by atoms with Crippen LogP contribution < -0.4 is 10.1 Å². The van der Waals surface area contributed by atoms with Gasteiger partial charge in [0.2, 0.25) is 5.91 Å². The van der Waals surface area contributed by atoms with Crippen LogP contribution in [0, 0.1) is 0 Å². The zero-order valence-electron chi connectivity index (χ0n) is 16.7. The number of piperidine rings is 1. The van der Waals surface area contributed by atoms with Crippen molar-refractivity contribution in [3.63, 3.8) is 0 Å². The summed E-state index contributed by atoms with van der Waals surface area (Å²) in [5.41, 5.74) is 1.22. The van der Waals surface area contributed by atoms with Gasteiger partial charge >= 0.3 is 0 Å². The van der Waals surface area contributed by atoms with Crippen LogP contribution in [0.2, 0.25) is 0 Å². The van der Waals surface area contributed by atoms with Crippen LogP contribution in [-0.2, 0) is 17.1 Å². The van der Waals surface area contributed by atoms with E-state index in [0.29, 0.717) is 24.7 Å². The third kappa shape index (κ3) is 8.12. The number of likely N-dealkylation sites (tertiary alicyclic amines) is 1. The number of nitrogens with one attached hydrogen (secondary N) is 1. The van der Waals surface area contributed by atoms with Crippen molar-refractivity contribution in [2.24, 2.45) is 0 Å². The van der Waals surface area contributed by atoms with E-state index >= 15 is 0 Å². The molecule has 0 aliphatic carbocycles. The highest BCUT2D eigenvalue weighted by Crippen LogP contribution is 2.18. The first-order valence-electron chi connectivity index (χ1n) is 10.2. The average molecular weight is 419 g/mol. The van der Waals surface area contributed by atoms with Gasteiger partial charge in [-0.05, 0) is 49.1 Å². The van der Waals surface area contributed by atoms with Crippen molar-refractivity contribution in [1.82, 2.24) is 10.2 Å². The van der Waals surface area contributed by atoms with Gasteiger partial charge in [0.1, 0.15) is 11.5 Å². The number of benzene rings is 1. The molecule has 1 saturated heterocycles. The van der Waals surface area contributed by atoms with Gasteiger partial charge in [-0.1, -0.05) is 12.1 Å². The fraction of sp³-hybridized carbons (Fsp3) is 0.500. The normalized spacial score (nSPS) is 15.3. The summed E-state index contributed by atoms with van der Waals surface area (Å²) in [7, 11) is 0. The van der Waals surface area contributed by atoms with Crippen LogP contribution in [0.15, 0.2) is 47.1 Å². The molecule has 1 aromatic carbocycles.